The van der Waals surface area contributed by atoms with Crippen molar-refractivity contribution in [2.45, 2.75) is 206 Å². The van der Waals surface area contributed by atoms with Crippen LogP contribution in [0.15, 0.2) is 37.4 Å². The summed E-state index contributed by atoms with van der Waals surface area (Å²) in [6, 6.07) is 0. The average molecular weight is 865 g/mol. The molecule has 0 fully saturated rings. The van der Waals surface area contributed by atoms with Crippen LogP contribution in [0.2, 0.25) is 0 Å². The predicted molar refractivity (Wildman–Crippen MR) is 205 cm³/mol. The summed E-state index contributed by atoms with van der Waals surface area (Å²) in [4.78, 5) is 0. The van der Waals surface area contributed by atoms with Crippen molar-refractivity contribution < 1.29 is 62.8 Å². The van der Waals surface area contributed by atoms with Gasteiger partial charge in [-0.25, -0.2) is 18.3 Å². The summed E-state index contributed by atoms with van der Waals surface area (Å²) in [5, 5.41) is 20.9. The summed E-state index contributed by atoms with van der Waals surface area (Å²) in [5.74, 6) is 0. The molecule has 2 N–H and O–H groups in total. The number of rotatable bonds is 37. The quantitative estimate of drug-likeness (QED) is 0.0811. The van der Waals surface area contributed by atoms with Gasteiger partial charge in [0.25, 0.3) is 0 Å². The van der Waals surface area contributed by atoms with Gasteiger partial charge in [-0.1, -0.05) is 155 Å². The van der Waals surface area contributed by atoms with Crippen molar-refractivity contribution in [3.05, 3.63) is 37.4 Å². The predicted octanol–water partition coefficient (Wildman–Crippen LogP) is 2.73. The molecular formula is C42H80Br2N4O4. The summed E-state index contributed by atoms with van der Waals surface area (Å²) in [7, 11) is 0. The van der Waals surface area contributed by atoms with Gasteiger partial charge in [0.05, 0.1) is 13.2 Å². The number of aliphatic hydroxyl groups excluding tert-OH is 2. The second-order valence-corrected chi connectivity index (χ2v) is 14.9. The fraction of sp³-hybridized carbons (Fsp3) is 0.857. The van der Waals surface area contributed by atoms with Crippen LogP contribution in [0, 0.1) is 0 Å². The van der Waals surface area contributed by atoms with E-state index in [4.69, 9.17) is 9.47 Å². The Hall–Kier alpha value is -0.780. The van der Waals surface area contributed by atoms with Crippen molar-refractivity contribution >= 4 is 0 Å². The Morgan fingerprint density at radius 2 is 0.750 bits per heavy atom. The molecule has 0 aliphatic heterocycles. The van der Waals surface area contributed by atoms with Crippen molar-refractivity contribution in [2.75, 3.05) is 26.4 Å². The largest absolute Gasteiger partial charge is 1.00 e. The Kier molecular flexibility index (Phi) is 36.6. The zero-order chi connectivity index (χ0) is 35.7. The third-order valence-electron chi connectivity index (χ3n) is 9.86. The monoisotopic (exact) mass is 862 g/mol. The van der Waals surface area contributed by atoms with Crippen LogP contribution in [-0.2, 0) is 35.7 Å². The van der Waals surface area contributed by atoms with E-state index in [0.29, 0.717) is 26.3 Å². The van der Waals surface area contributed by atoms with Crippen molar-refractivity contribution in [2.24, 2.45) is 0 Å². The van der Waals surface area contributed by atoms with Crippen LogP contribution in [0.1, 0.15) is 168 Å². The SMILES string of the molecule is CCCCCCCCCCCCCCOCC(O)C[n+]1ccn(CCn2cc[n+](CC(O)COCCCCCCCCCCCCCC)c2)c1.[Br-].[Br-]. The van der Waals surface area contributed by atoms with E-state index in [2.05, 4.69) is 35.4 Å². The first kappa shape index (κ1) is 51.2. The molecule has 0 aliphatic carbocycles. The van der Waals surface area contributed by atoms with E-state index < -0.39 is 12.2 Å². The highest BCUT2D eigenvalue weighted by Gasteiger charge is 2.14. The third-order valence-corrected chi connectivity index (χ3v) is 9.86. The molecule has 0 saturated heterocycles. The molecule has 0 spiro atoms. The zero-order valence-electron chi connectivity index (χ0n) is 33.5. The number of nitrogens with zero attached hydrogens (tertiary/aromatic N) is 4. The number of hydrogen-bond acceptors (Lipinski definition) is 4. The number of unbranched alkanes of at least 4 members (excludes halogenated alkanes) is 22. The molecule has 0 aliphatic rings. The molecule has 2 rings (SSSR count). The first-order chi connectivity index (χ1) is 24.6. The Labute approximate surface area is 340 Å². The molecule has 0 saturated carbocycles. The molecule has 52 heavy (non-hydrogen) atoms. The van der Waals surface area contributed by atoms with Gasteiger partial charge in [-0.3, -0.25) is 0 Å². The molecule has 2 atom stereocenters. The number of ether oxygens (including phenoxy) is 2. The van der Waals surface area contributed by atoms with Gasteiger partial charge < -0.3 is 53.6 Å². The highest BCUT2D eigenvalue weighted by atomic mass is 79.9. The van der Waals surface area contributed by atoms with Crippen LogP contribution in [0.5, 0.6) is 0 Å². The molecular weight excluding hydrogens is 784 g/mol. The molecule has 10 heteroatoms. The average Bonchev–Trinajstić information content (AvgIpc) is 3.76. The molecule has 0 amide bonds. The second-order valence-electron chi connectivity index (χ2n) is 14.9. The van der Waals surface area contributed by atoms with Crippen LogP contribution in [0.25, 0.3) is 0 Å². The zero-order valence-corrected chi connectivity index (χ0v) is 36.7. The maximum atomic E-state index is 10.5. The van der Waals surface area contributed by atoms with Gasteiger partial charge in [-0.2, -0.15) is 0 Å². The Morgan fingerprint density at radius 1 is 0.462 bits per heavy atom. The van der Waals surface area contributed by atoms with E-state index in [1.807, 2.05) is 34.2 Å². The van der Waals surface area contributed by atoms with E-state index >= 15 is 0 Å². The van der Waals surface area contributed by atoms with E-state index in [9.17, 15) is 10.2 Å². The highest BCUT2D eigenvalue weighted by molar-refractivity contribution is 4.70. The van der Waals surface area contributed by atoms with Crippen LogP contribution < -0.4 is 43.1 Å². The number of aryl methyl sites for hydroxylation is 2. The van der Waals surface area contributed by atoms with Gasteiger partial charge in [-0.15, -0.1) is 0 Å². The van der Waals surface area contributed by atoms with Crippen LogP contribution in [-0.4, -0.2) is 58.0 Å². The number of hydrogen-bond donors (Lipinski definition) is 2. The first-order valence-electron chi connectivity index (χ1n) is 21.2. The van der Waals surface area contributed by atoms with E-state index in [-0.39, 0.29) is 34.0 Å². The van der Waals surface area contributed by atoms with Crippen LogP contribution in [0.4, 0.5) is 0 Å². The van der Waals surface area contributed by atoms with Gasteiger partial charge in [0.1, 0.15) is 63.2 Å². The normalized spacial score (nSPS) is 12.5. The lowest BCUT2D eigenvalue weighted by atomic mass is 10.1. The fourth-order valence-electron chi connectivity index (χ4n) is 6.71. The second kappa shape index (κ2) is 37.2. The van der Waals surface area contributed by atoms with Crippen molar-refractivity contribution in [3.63, 3.8) is 0 Å². The molecule has 0 radical (unpaired) electrons. The minimum Gasteiger partial charge on any atom is -1.00 e. The summed E-state index contributed by atoms with van der Waals surface area (Å²) in [6.07, 6.45) is 43.4. The van der Waals surface area contributed by atoms with Gasteiger partial charge in [0, 0.05) is 13.2 Å². The lowest BCUT2D eigenvalue weighted by Gasteiger charge is -2.09. The summed E-state index contributed by atoms with van der Waals surface area (Å²) in [5.41, 5.74) is 0. The number of halogens is 2. The number of aromatic nitrogens is 4. The van der Waals surface area contributed by atoms with E-state index in [1.54, 1.807) is 0 Å². The molecule has 2 heterocycles. The van der Waals surface area contributed by atoms with E-state index in [1.165, 1.54) is 141 Å². The molecule has 0 bridgehead atoms. The molecule has 306 valence electrons. The number of imidazole rings is 2. The molecule has 0 aromatic carbocycles. The number of aliphatic hydroxyl groups is 2. The van der Waals surface area contributed by atoms with Crippen molar-refractivity contribution in [1.82, 2.24) is 9.13 Å². The van der Waals surface area contributed by atoms with Gasteiger partial charge in [0.15, 0.2) is 0 Å². The molecule has 8 nitrogen and oxygen atoms in total. The molecule has 2 aromatic heterocycles. The topological polar surface area (TPSA) is 76.5 Å². The fourth-order valence-corrected chi connectivity index (χ4v) is 6.71. The Bertz CT molecular complexity index is 930. The molecule has 2 unspecified atom stereocenters. The van der Waals surface area contributed by atoms with Crippen LogP contribution in [0.3, 0.4) is 0 Å². The Morgan fingerprint density at radius 3 is 1.06 bits per heavy atom. The van der Waals surface area contributed by atoms with Crippen LogP contribution >= 0.6 is 0 Å². The minimum absolute atomic E-state index is 0. The van der Waals surface area contributed by atoms with Crippen molar-refractivity contribution in [3.8, 4) is 0 Å². The lowest BCUT2D eigenvalue weighted by molar-refractivity contribution is -0.703. The smallest absolute Gasteiger partial charge is 0.243 e. The maximum Gasteiger partial charge on any atom is 0.243 e. The van der Waals surface area contributed by atoms with Gasteiger partial charge >= 0.3 is 0 Å². The summed E-state index contributed by atoms with van der Waals surface area (Å²) < 4.78 is 19.9. The third kappa shape index (κ3) is 29.6. The minimum atomic E-state index is -0.503. The Balaban J connectivity index is 0.0000130. The van der Waals surface area contributed by atoms with E-state index in [0.717, 1.165) is 39.1 Å². The van der Waals surface area contributed by atoms with Gasteiger partial charge in [-0.05, 0) is 12.8 Å². The maximum absolute atomic E-state index is 10.5. The lowest BCUT2D eigenvalue weighted by Crippen LogP contribution is -3.00. The molecule has 2 aromatic rings. The highest BCUT2D eigenvalue weighted by Crippen LogP contribution is 2.13. The summed E-state index contributed by atoms with van der Waals surface area (Å²) in [6.45, 7) is 9.53. The standard InChI is InChI=1S/C42H80N4O4.2BrH/c1-3-5-7-9-11-13-15-17-19-21-23-25-33-49-37-41(47)35-45-31-29-43(39-45)27-28-44-30-32-46(40-44)36-42(48)38-50-34-26-24-22-20-18-16-14-12-10-8-6-4-2;;/h29-32,39-42,47-48H,3-28,33-38H2,1-2H3;2*1H/q+2;;/p-2. The first-order valence-corrected chi connectivity index (χ1v) is 21.2. The summed E-state index contributed by atoms with van der Waals surface area (Å²) >= 11 is 0. The van der Waals surface area contributed by atoms with Gasteiger partial charge in [0.2, 0.25) is 12.7 Å². The van der Waals surface area contributed by atoms with Crippen molar-refractivity contribution in [1.29, 1.82) is 0 Å².